The van der Waals surface area contributed by atoms with Crippen molar-refractivity contribution in [2.75, 3.05) is 6.61 Å². The zero-order valence-electron chi connectivity index (χ0n) is 16.3. The number of rotatable bonds is 5. The molecule has 1 aromatic heterocycles. The standard InChI is InChI=1S/C23H18N4O4/c28-20(14-31-19-13-7-6-10-16(19)15-8-2-1-3-9-15)24-27-23(30)21-17-11-4-5-12-18(17)22(29)26-25-21/h1-13H,14H2,(H,24,28)(H,26,29)(H,27,30). The third kappa shape index (κ3) is 4.43. The number of carbonyl (C=O) groups excluding carboxylic acids is 2. The van der Waals surface area contributed by atoms with E-state index in [-0.39, 0.29) is 12.3 Å². The molecule has 4 rings (SSSR count). The number of benzene rings is 3. The maximum Gasteiger partial charge on any atom is 0.290 e. The van der Waals surface area contributed by atoms with E-state index in [2.05, 4.69) is 21.0 Å². The highest BCUT2D eigenvalue weighted by Crippen LogP contribution is 2.29. The van der Waals surface area contributed by atoms with Gasteiger partial charge in [-0.15, -0.1) is 0 Å². The van der Waals surface area contributed by atoms with Crippen molar-refractivity contribution in [3.63, 3.8) is 0 Å². The molecule has 0 saturated heterocycles. The van der Waals surface area contributed by atoms with E-state index in [1.807, 2.05) is 48.5 Å². The number of nitrogens with zero attached hydrogens (tertiary/aromatic N) is 1. The molecule has 0 spiro atoms. The van der Waals surface area contributed by atoms with Crippen molar-refractivity contribution in [3.05, 3.63) is 94.9 Å². The molecular formula is C23H18N4O4. The van der Waals surface area contributed by atoms with Gasteiger partial charge in [-0.2, -0.15) is 5.10 Å². The maximum atomic E-state index is 12.4. The molecule has 0 aliphatic carbocycles. The van der Waals surface area contributed by atoms with Gasteiger partial charge in [-0.3, -0.25) is 25.2 Å². The van der Waals surface area contributed by atoms with Crippen molar-refractivity contribution in [2.45, 2.75) is 0 Å². The van der Waals surface area contributed by atoms with Crippen LogP contribution in [0.4, 0.5) is 0 Å². The van der Waals surface area contributed by atoms with Gasteiger partial charge in [0.2, 0.25) is 0 Å². The smallest absolute Gasteiger partial charge is 0.290 e. The highest BCUT2D eigenvalue weighted by Gasteiger charge is 2.15. The Kier molecular flexibility index (Phi) is 5.70. The van der Waals surface area contributed by atoms with Gasteiger partial charge < -0.3 is 4.74 Å². The fourth-order valence-corrected chi connectivity index (χ4v) is 3.10. The Morgan fingerprint density at radius 2 is 1.52 bits per heavy atom. The zero-order chi connectivity index (χ0) is 21.6. The quantitative estimate of drug-likeness (QED) is 0.434. The Morgan fingerprint density at radius 3 is 2.32 bits per heavy atom. The third-order valence-electron chi connectivity index (χ3n) is 4.56. The number of H-pyrrole nitrogens is 1. The van der Waals surface area contributed by atoms with Crippen molar-refractivity contribution in [3.8, 4) is 16.9 Å². The van der Waals surface area contributed by atoms with Crippen LogP contribution in [0.1, 0.15) is 10.5 Å². The summed E-state index contributed by atoms with van der Waals surface area (Å²) in [7, 11) is 0. The molecule has 0 unspecified atom stereocenters. The van der Waals surface area contributed by atoms with Crippen LogP contribution < -0.4 is 21.1 Å². The first kappa shape index (κ1) is 19.8. The van der Waals surface area contributed by atoms with Crippen molar-refractivity contribution in [2.24, 2.45) is 0 Å². The number of hydrazine groups is 1. The van der Waals surface area contributed by atoms with Gasteiger partial charge in [0.05, 0.1) is 5.39 Å². The van der Waals surface area contributed by atoms with Gasteiger partial charge in [0, 0.05) is 10.9 Å². The van der Waals surface area contributed by atoms with Gasteiger partial charge in [-0.05, 0) is 17.7 Å². The summed E-state index contributed by atoms with van der Waals surface area (Å²) < 4.78 is 5.65. The molecule has 0 fully saturated rings. The second-order valence-electron chi connectivity index (χ2n) is 6.60. The Balaban J connectivity index is 1.40. The summed E-state index contributed by atoms with van der Waals surface area (Å²) in [6, 6.07) is 23.6. The fraction of sp³-hybridized carbons (Fsp3) is 0.0435. The molecule has 2 amide bonds. The summed E-state index contributed by atoms with van der Waals surface area (Å²) >= 11 is 0. The lowest BCUT2D eigenvalue weighted by Gasteiger charge is -2.12. The number of carbonyl (C=O) groups is 2. The first-order chi connectivity index (χ1) is 15.1. The topological polar surface area (TPSA) is 113 Å². The molecular weight excluding hydrogens is 396 g/mol. The van der Waals surface area contributed by atoms with E-state index in [1.54, 1.807) is 30.3 Å². The van der Waals surface area contributed by atoms with Gasteiger partial charge in [-0.1, -0.05) is 66.7 Å². The molecule has 0 saturated carbocycles. The van der Waals surface area contributed by atoms with Crippen LogP contribution in [-0.4, -0.2) is 28.6 Å². The summed E-state index contributed by atoms with van der Waals surface area (Å²) in [5.74, 6) is -0.668. The lowest BCUT2D eigenvalue weighted by atomic mass is 10.1. The molecule has 1 heterocycles. The van der Waals surface area contributed by atoms with E-state index < -0.39 is 17.4 Å². The molecule has 31 heavy (non-hydrogen) atoms. The largest absolute Gasteiger partial charge is 0.483 e. The highest BCUT2D eigenvalue weighted by molar-refractivity contribution is 6.05. The van der Waals surface area contributed by atoms with Crippen LogP contribution in [-0.2, 0) is 4.79 Å². The minimum absolute atomic E-state index is 0.00848. The molecule has 0 aliphatic heterocycles. The summed E-state index contributed by atoms with van der Waals surface area (Å²) in [5.41, 5.74) is 5.99. The Labute approximate surface area is 176 Å². The number of ether oxygens (including phenoxy) is 1. The Morgan fingerprint density at radius 1 is 0.839 bits per heavy atom. The minimum Gasteiger partial charge on any atom is -0.483 e. The van der Waals surface area contributed by atoms with Gasteiger partial charge in [-0.25, -0.2) is 5.10 Å². The molecule has 0 radical (unpaired) electrons. The van der Waals surface area contributed by atoms with E-state index >= 15 is 0 Å². The second kappa shape index (κ2) is 8.91. The monoisotopic (exact) mass is 414 g/mol. The normalized spacial score (nSPS) is 10.5. The molecule has 8 heteroatoms. The minimum atomic E-state index is -0.662. The van der Waals surface area contributed by atoms with Gasteiger partial charge in [0.1, 0.15) is 5.75 Å². The van der Waals surface area contributed by atoms with E-state index in [1.165, 1.54) is 0 Å². The number of nitrogens with one attached hydrogen (secondary N) is 3. The first-order valence-electron chi connectivity index (χ1n) is 9.47. The van der Waals surface area contributed by atoms with Gasteiger partial charge >= 0.3 is 0 Å². The number of para-hydroxylation sites is 1. The van der Waals surface area contributed by atoms with Crippen molar-refractivity contribution >= 4 is 22.6 Å². The SMILES string of the molecule is O=C(COc1ccccc1-c1ccccc1)NNC(=O)c1n[nH]c(=O)c2ccccc12. The van der Waals surface area contributed by atoms with E-state index in [9.17, 15) is 14.4 Å². The lowest BCUT2D eigenvalue weighted by Crippen LogP contribution is -2.44. The summed E-state index contributed by atoms with van der Waals surface area (Å²) in [4.78, 5) is 36.5. The Bertz CT molecular complexity index is 1300. The highest BCUT2D eigenvalue weighted by atomic mass is 16.5. The van der Waals surface area contributed by atoms with Crippen molar-refractivity contribution < 1.29 is 14.3 Å². The number of aromatic amines is 1. The average Bonchev–Trinajstić information content (AvgIpc) is 2.82. The summed E-state index contributed by atoms with van der Waals surface area (Å²) in [6.45, 7) is -0.302. The first-order valence-corrected chi connectivity index (χ1v) is 9.47. The number of fused-ring (bicyclic) bond motifs is 1. The van der Waals surface area contributed by atoms with Crippen LogP contribution in [0.3, 0.4) is 0 Å². The maximum absolute atomic E-state index is 12.4. The van der Waals surface area contributed by atoms with Crippen LogP contribution in [0.5, 0.6) is 5.75 Å². The molecule has 8 nitrogen and oxygen atoms in total. The van der Waals surface area contributed by atoms with Crippen LogP contribution >= 0.6 is 0 Å². The Hall–Kier alpha value is -4.46. The molecule has 154 valence electrons. The lowest BCUT2D eigenvalue weighted by molar-refractivity contribution is -0.123. The van der Waals surface area contributed by atoms with E-state index in [0.29, 0.717) is 16.5 Å². The summed E-state index contributed by atoms with van der Waals surface area (Å²) in [6.07, 6.45) is 0. The van der Waals surface area contributed by atoms with Crippen molar-refractivity contribution in [1.82, 2.24) is 21.0 Å². The van der Waals surface area contributed by atoms with Gasteiger partial charge in [0.15, 0.2) is 12.3 Å². The molecule has 4 aromatic rings. The number of hydrogen-bond donors (Lipinski definition) is 3. The average molecular weight is 414 g/mol. The molecule has 0 atom stereocenters. The zero-order valence-corrected chi connectivity index (χ0v) is 16.3. The molecule has 3 N–H and O–H groups in total. The van der Waals surface area contributed by atoms with Crippen LogP contribution in [0.25, 0.3) is 21.9 Å². The fourth-order valence-electron chi connectivity index (χ4n) is 3.10. The molecule has 3 aromatic carbocycles. The summed E-state index contributed by atoms with van der Waals surface area (Å²) in [5, 5.41) is 6.78. The number of hydrogen-bond acceptors (Lipinski definition) is 5. The van der Waals surface area contributed by atoms with E-state index in [0.717, 1.165) is 11.1 Å². The number of amides is 2. The van der Waals surface area contributed by atoms with Gasteiger partial charge in [0.25, 0.3) is 17.4 Å². The number of aromatic nitrogens is 2. The van der Waals surface area contributed by atoms with E-state index in [4.69, 9.17) is 4.74 Å². The molecule has 0 aliphatic rings. The van der Waals surface area contributed by atoms with Crippen LogP contribution in [0.2, 0.25) is 0 Å². The predicted molar refractivity (Wildman–Crippen MR) is 115 cm³/mol. The second-order valence-corrected chi connectivity index (χ2v) is 6.60. The van der Waals surface area contributed by atoms with Crippen molar-refractivity contribution in [1.29, 1.82) is 0 Å². The van der Waals surface area contributed by atoms with Crippen LogP contribution in [0.15, 0.2) is 83.7 Å². The third-order valence-corrected chi connectivity index (χ3v) is 4.56. The molecule has 0 bridgehead atoms. The predicted octanol–water partition coefficient (Wildman–Crippen LogP) is 2.43. The van der Waals surface area contributed by atoms with Crippen LogP contribution in [0, 0.1) is 0 Å².